The Hall–Kier alpha value is -2.77. The van der Waals surface area contributed by atoms with Crippen LogP contribution in [-0.4, -0.2) is 21.4 Å². The molecule has 1 amide bonds. The van der Waals surface area contributed by atoms with Crippen molar-refractivity contribution >= 4 is 80.1 Å². The number of nitrogens with zero attached hydrogens (tertiary/aromatic N) is 2. The normalized spacial score (nSPS) is 15.0. The van der Waals surface area contributed by atoms with Gasteiger partial charge in [0.25, 0.3) is 5.91 Å². The molecule has 0 saturated carbocycles. The quantitative estimate of drug-likeness (QED) is 0.194. The maximum absolute atomic E-state index is 13.2. The van der Waals surface area contributed by atoms with E-state index in [9.17, 15) is 4.79 Å². The Morgan fingerprint density at radius 2 is 1.74 bits per heavy atom. The number of para-hydroxylation sites is 2. The molecule has 0 radical (unpaired) electrons. The summed E-state index contributed by atoms with van der Waals surface area (Å²) >= 11 is 19.0. The van der Waals surface area contributed by atoms with E-state index in [-0.39, 0.29) is 5.91 Å². The fourth-order valence-electron chi connectivity index (χ4n) is 3.81. The van der Waals surface area contributed by atoms with Crippen molar-refractivity contribution in [2.45, 2.75) is 6.54 Å². The van der Waals surface area contributed by atoms with Crippen molar-refractivity contribution in [2.75, 3.05) is 11.5 Å². The first kappa shape index (κ1) is 23.0. The molecular formula is C26H18Cl2N2O2S2. The third-order valence-corrected chi connectivity index (χ3v) is 7.45. The summed E-state index contributed by atoms with van der Waals surface area (Å²) in [4.78, 5) is 15.3. The van der Waals surface area contributed by atoms with Gasteiger partial charge in [0, 0.05) is 22.7 Å². The van der Waals surface area contributed by atoms with Crippen molar-refractivity contribution < 1.29 is 9.53 Å². The number of fused-ring (bicyclic) bond motifs is 1. The zero-order chi connectivity index (χ0) is 23.7. The lowest BCUT2D eigenvalue weighted by Gasteiger charge is -2.15. The molecule has 0 unspecified atom stereocenters. The maximum Gasteiger partial charge on any atom is 0.270 e. The van der Waals surface area contributed by atoms with Crippen molar-refractivity contribution in [1.29, 1.82) is 0 Å². The number of thiocarbonyl (C=S) groups is 1. The SMILES string of the molecule is O=C1/C(=C\c2cn(CCOc3ccccc3)c3ccccc23)SC(=S)N1c1ccc(Cl)c(Cl)c1. The summed E-state index contributed by atoms with van der Waals surface area (Å²) in [5.41, 5.74) is 2.62. The number of carbonyl (C=O) groups is 1. The molecule has 1 aliphatic heterocycles. The Labute approximate surface area is 216 Å². The fourth-order valence-corrected chi connectivity index (χ4v) is 5.39. The standard InChI is InChI=1S/C26H18Cl2N2O2S2/c27-21-11-10-18(15-22(21)28)30-25(31)24(34-26(30)33)14-17-16-29(23-9-5-4-8-20(17)23)12-13-32-19-6-2-1-3-7-19/h1-11,14-16H,12-13H2/b24-14+. The van der Waals surface area contributed by atoms with E-state index in [0.717, 1.165) is 22.2 Å². The highest BCUT2D eigenvalue weighted by molar-refractivity contribution is 8.27. The highest BCUT2D eigenvalue weighted by Crippen LogP contribution is 2.38. The van der Waals surface area contributed by atoms with E-state index < -0.39 is 0 Å². The van der Waals surface area contributed by atoms with Crippen LogP contribution in [0.3, 0.4) is 0 Å². The molecule has 0 atom stereocenters. The minimum Gasteiger partial charge on any atom is -0.492 e. The molecular weight excluding hydrogens is 507 g/mol. The van der Waals surface area contributed by atoms with Gasteiger partial charge in [-0.05, 0) is 42.5 Å². The van der Waals surface area contributed by atoms with Crippen molar-refractivity contribution in [2.24, 2.45) is 0 Å². The first-order valence-electron chi connectivity index (χ1n) is 10.5. The van der Waals surface area contributed by atoms with Gasteiger partial charge in [-0.2, -0.15) is 0 Å². The van der Waals surface area contributed by atoms with Crippen LogP contribution < -0.4 is 9.64 Å². The van der Waals surface area contributed by atoms with E-state index in [0.29, 0.717) is 38.1 Å². The maximum atomic E-state index is 13.2. The lowest BCUT2D eigenvalue weighted by molar-refractivity contribution is -0.113. The first-order valence-corrected chi connectivity index (χ1v) is 12.5. The number of anilines is 1. The van der Waals surface area contributed by atoms with Gasteiger partial charge in [-0.3, -0.25) is 9.69 Å². The number of benzene rings is 3. The molecule has 1 saturated heterocycles. The monoisotopic (exact) mass is 524 g/mol. The third kappa shape index (κ3) is 4.59. The molecule has 0 N–H and O–H groups in total. The van der Waals surface area contributed by atoms with Crippen LogP contribution in [0.2, 0.25) is 10.0 Å². The molecule has 1 aromatic heterocycles. The van der Waals surface area contributed by atoms with Crippen LogP contribution >= 0.6 is 47.2 Å². The Kier molecular flexibility index (Phi) is 6.66. The van der Waals surface area contributed by atoms with Gasteiger partial charge in [-0.1, -0.05) is 83.6 Å². The van der Waals surface area contributed by atoms with Crippen LogP contribution in [0.1, 0.15) is 5.56 Å². The number of rotatable bonds is 6. The number of amides is 1. The number of carbonyl (C=O) groups excluding carboxylic acids is 1. The lowest BCUT2D eigenvalue weighted by atomic mass is 10.1. The molecule has 2 heterocycles. The molecule has 34 heavy (non-hydrogen) atoms. The Balaban J connectivity index is 1.42. The minimum atomic E-state index is -0.183. The Morgan fingerprint density at radius 3 is 2.53 bits per heavy atom. The van der Waals surface area contributed by atoms with Crippen LogP contribution in [0.5, 0.6) is 5.75 Å². The molecule has 4 aromatic rings. The van der Waals surface area contributed by atoms with Gasteiger partial charge < -0.3 is 9.30 Å². The average Bonchev–Trinajstić information content (AvgIpc) is 3.33. The zero-order valence-electron chi connectivity index (χ0n) is 17.8. The topological polar surface area (TPSA) is 34.5 Å². The van der Waals surface area contributed by atoms with E-state index in [1.807, 2.05) is 54.7 Å². The smallest absolute Gasteiger partial charge is 0.270 e. The van der Waals surface area contributed by atoms with E-state index in [2.05, 4.69) is 16.7 Å². The second-order valence-electron chi connectivity index (χ2n) is 7.57. The van der Waals surface area contributed by atoms with Crippen LogP contribution in [0.25, 0.3) is 17.0 Å². The molecule has 8 heteroatoms. The number of hydrogen-bond donors (Lipinski definition) is 0. The molecule has 1 fully saturated rings. The summed E-state index contributed by atoms with van der Waals surface area (Å²) in [5, 5.41) is 1.86. The van der Waals surface area contributed by atoms with Crippen LogP contribution in [-0.2, 0) is 11.3 Å². The second kappa shape index (κ2) is 9.84. The summed E-state index contributed by atoms with van der Waals surface area (Å²) in [5.74, 6) is 0.655. The molecule has 1 aliphatic rings. The highest BCUT2D eigenvalue weighted by atomic mass is 35.5. The molecule has 5 rings (SSSR count). The second-order valence-corrected chi connectivity index (χ2v) is 10.1. The molecule has 3 aromatic carbocycles. The predicted molar refractivity (Wildman–Crippen MR) is 146 cm³/mol. The first-order chi connectivity index (χ1) is 16.5. The molecule has 4 nitrogen and oxygen atoms in total. The van der Waals surface area contributed by atoms with Gasteiger partial charge in [-0.15, -0.1) is 0 Å². The third-order valence-electron chi connectivity index (χ3n) is 5.41. The van der Waals surface area contributed by atoms with Gasteiger partial charge in [-0.25, -0.2) is 0 Å². The largest absolute Gasteiger partial charge is 0.492 e. The highest BCUT2D eigenvalue weighted by Gasteiger charge is 2.33. The summed E-state index contributed by atoms with van der Waals surface area (Å²) < 4.78 is 8.47. The summed E-state index contributed by atoms with van der Waals surface area (Å²) in [6.45, 7) is 1.20. The van der Waals surface area contributed by atoms with E-state index >= 15 is 0 Å². The lowest BCUT2D eigenvalue weighted by Crippen LogP contribution is -2.27. The summed E-state index contributed by atoms with van der Waals surface area (Å²) in [6, 6.07) is 22.9. The van der Waals surface area contributed by atoms with Crippen molar-refractivity contribution in [3.05, 3.63) is 99.5 Å². The molecule has 0 spiro atoms. The van der Waals surface area contributed by atoms with E-state index in [4.69, 9.17) is 40.2 Å². The Morgan fingerprint density at radius 1 is 0.971 bits per heavy atom. The fraction of sp³-hybridized carbons (Fsp3) is 0.0769. The number of ether oxygens (including phenoxy) is 1. The van der Waals surface area contributed by atoms with Crippen LogP contribution in [0.15, 0.2) is 83.9 Å². The zero-order valence-corrected chi connectivity index (χ0v) is 20.9. The van der Waals surface area contributed by atoms with Crippen LogP contribution in [0, 0.1) is 0 Å². The number of halogens is 2. The number of hydrogen-bond acceptors (Lipinski definition) is 4. The molecule has 170 valence electrons. The number of aromatic nitrogens is 1. The number of thioether (sulfide) groups is 1. The summed E-state index contributed by atoms with van der Waals surface area (Å²) in [7, 11) is 0. The predicted octanol–water partition coefficient (Wildman–Crippen LogP) is 7.43. The van der Waals surface area contributed by atoms with Crippen molar-refractivity contribution in [3.63, 3.8) is 0 Å². The minimum absolute atomic E-state index is 0.183. The molecule has 0 aliphatic carbocycles. The molecule has 0 bridgehead atoms. The van der Waals surface area contributed by atoms with Crippen molar-refractivity contribution in [3.8, 4) is 5.75 Å². The van der Waals surface area contributed by atoms with Gasteiger partial charge in [0.2, 0.25) is 0 Å². The van der Waals surface area contributed by atoms with Gasteiger partial charge >= 0.3 is 0 Å². The summed E-state index contributed by atoms with van der Waals surface area (Å²) in [6.07, 6.45) is 3.94. The van der Waals surface area contributed by atoms with Gasteiger partial charge in [0.05, 0.1) is 27.2 Å². The van der Waals surface area contributed by atoms with Crippen LogP contribution in [0.4, 0.5) is 5.69 Å². The van der Waals surface area contributed by atoms with E-state index in [1.165, 1.54) is 16.7 Å². The Bertz CT molecular complexity index is 1430. The average molecular weight is 525 g/mol. The van der Waals surface area contributed by atoms with Gasteiger partial charge in [0.15, 0.2) is 4.32 Å². The van der Waals surface area contributed by atoms with Crippen molar-refractivity contribution in [1.82, 2.24) is 4.57 Å². The van der Waals surface area contributed by atoms with E-state index in [1.54, 1.807) is 18.2 Å². The van der Waals surface area contributed by atoms with Gasteiger partial charge in [0.1, 0.15) is 12.4 Å².